The van der Waals surface area contributed by atoms with E-state index in [0.717, 1.165) is 12.8 Å². The molecule has 5 fully saturated rings. The van der Waals surface area contributed by atoms with Crippen molar-refractivity contribution in [1.29, 1.82) is 0 Å². The first-order valence-electron chi connectivity index (χ1n) is 7.02. The van der Waals surface area contributed by atoms with Crippen molar-refractivity contribution >= 4 is 5.97 Å². The molecule has 2 nitrogen and oxygen atoms in total. The van der Waals surface area contributed by atoms with Gasteiger partial charge in [-0.25, -0.2) is 8.78 Å². The highest BCUT2D eigenvalue weighted by Gasteiger charge is 2.83. The summed E-state index contributed by atoms with van der Waals surface area (Å²) in [5, 5.41) is 0. The normalized spacial score (nSPS) is 55.2. The van der Waals surface area contributed by atoms with E-state index in [4.69, 9.17) is 4.74 Å². The fourth-order valence-electron chi connectivity index (χ4n) is 5.65. The van der Waals surface area contributed by atoms with Crippen molar-refractivity contribution in [3.8, 4) is 0 Å². The van der Waals surface area contributed by atoms with Crippen LogP contribution in [0.15, 0.2) is 0 Å². The molecule has 5 unspecified atom stereocenters. The molecule has 0 aromatic rings. The lowest BCUT2D eigenvalue weighted by atomic mass is 9.57. The van der Waals surface area contributed by atoms with Crippen LogP contribution in [0.1, 0.15) is 33.1 Å². The summed E-state index contributed by atoms with van der Waals surface area (Å²) in [5.41, 5.74) is -1.50. The Morgan fingerprint density at radius 1 is 1.33 bits per heavy atom. The molecular formula is C14H18F2O2. The molecule has 4 bridgehead atoms. The summed E-state index contributed by atoms with van der Waals surface area (Å²) < 4.78 is 35.1. The van der Waals surface area contributed by atoms with E-state index in [1.165, 1.54) is 0 Å². The summed E-state index contributed by atoms with van der Waals surface area (Å²) in [6, 6.07) is 0. The highest BCUT2D eigenvalue weighted by atomic mass is 19.3. The molecule has 4 saturated carbocycles. The second kappa shape index (κ2) is 2.91. The Hall–Kier alpha value is -0.670. The van der Waals surface area contributed by atoms with E-state index in [9.17, 15) is 13.6 Å². The van der Waals surface area contributed by atoms with Crippen molar-refractivity contribution in [3.63, 3.8) is 0 Å². The summed E-state index contributed by atoms with van der Waals surface area (Å²) in [4.78, 5) is 12.1. The molecule has 6 atom stereocenters. The number of hydrogen-bond acceptors (Lipinski definition) is 2. The first-order valence-corrected chi connectivity index (χ1v) is 7.02. The van der Waals surface area contributed by atoms with E-state index < -0.39 is 17.4 Å². The summed E-state index contributed by atoms with van der Waals surface area (Å²) in [6.45, 7) is 3.55. The average Bonchev–Trinajstić information content (AvgIpc) is 2.73. The van der Waals surface area contributed by atoms with E-state index in [1.807, 2.05) is 0 Å². The zero-order valence-electron chi connectivity index (χ0n) is 10.7. The van der Waals surface area contributed by atoms with Crippen molar-refractivity contribution in [2.24, 2.45) is 35.5 Å². The van der Waals surface area contributed by atoms with Gasteiger partial charge in [-0.05, 0) is 37.0 Å². The monoisotopic (exact) mass is 256 g/mol. The molecule has 0 N–H and O–H groups in total. The topological polar surface area (TPSA) is 26.3 Å². The van der Waals surface area contributed by atoms with Gasteiger partial charge in [-0.2, -0.15) is 0 Å². The van der Waals surface area contributed by atoms with Gasteiger partial charge in [0.25, 0.3) is 5.92 Å². The Bertz CT molecular complexity index is 434. The molecule has 1 heterocycles. The van der Waals surface area contributed by atoms with Gasteiger partial charge in [0.15, 0.2) is 5.60 Å². The van der Waals surface area contributed by atoms with Crippen molar-refractivity contribution in [2.75, 3.05) is 0 Å². The predicted octanol–water partition coefficient (Wildman–Crippen LogP) is 2.87. The number of carbonyl (C=O) groups excluding carboxylic acids is 1. The number of hydrogen-bond donors (Lipinski definition) is 0. The lowest BCUT2D eigenvalue weighted by Gasteiger charge is -2.44. The number of halogens is 2. The first kappa shape index (κ1) is 11.2. The minimum Gasteiger partial charge on any atom is -0.452 e. The molecule has 0 amide bonds. The van der Waals surface area contributed by atoms with Crippen molar-refractivity contribution < 1.29 is 18.3 Å². The van der Waals surface area contributed by atoms with Gasteiger partial charge in [0, 0.05) is 11.8 Å². The Morgan fingerprint density at radius 2 is 2.06 bits per heavy atom. The molecule has 0 aromatic carbocycles. The van der Waals surface area contributed by atoms with Crippen LogP contribution in [-0.2, 0) is 9.53 Å². The molecule has 1 saturated heterocycles. The number of esters is 1. The number of ether oxygens (including phenoxy) is 1. The Morgan fingerprint density at radius 3 is 2.72 bits per heavy atom. The zero-order chi connectivity index (χ0) is 12.9. The van der Waals surface area contributed by atoms with Crippen LogP contribution in [0, 0.1) is 35.5 Å². The Balaban J connectivity index is 1.95. The third-order valence-electron chi connectivity index (χ3n) is 6.18. The van der Waals surface area contributed by atoms with Gasteiger partial charge in [0.2, 0.25) is 0 Å². The van der Waals surface area contributed by atoms with Crippen LogP contribution in [0.4, 0.5) is 8.78 Å². The van der Waals surface area contributed by atoms with Crippen molar-refractivity contribution in [3.05, 3.63) is 0 Å². The third kappa shape index (κ3) is 0.865. The Labute approximate surface area is 105 Å². The third-order valence-corrected chi connectivity index (χ3v) is 6.18. The maximum atomic E-state index is 14.9. The molecule has 4 aliphatic carbocycles. The van der Waals surface area contributed by atoms with Gasteiger partial charge in [-0.3, -0.25) is 4.79 Å². The largest absolute Gasteiger partial charge is 0.452 e. The number of rotatable bonds is 1. The SMILES string of the molecule is CC(C)[C@@]12OC(=O)C3C4CCC(C(C4)C1(F)F)C32. The van der Waals surface area contributed by atoms with Crippen LogP contribution >= 0.6 is 0 Å². The minimum absolute atomic E-state index is 0.00356. The van der Waals surface area contributed by atoms with Crippen LogP contribution in [-0.4, -0.2) is 17.5 Å². The van der Waals surface area contributed by atoms with Gasteiger partial charge in [-0.15, -0.1) is 0 Å². The van der Waals surface area contributed by atoms with Gasteiger partial charge < -0.3 is 4.74 Å². The second-order valence-electron chi connectivity index (χ2n) is 6.89. The minimum atomic E-state index is -2.84. The second-order valence-corrected chi connectivity index (χ2v) is 6.89. The van der Waals surface area contributed by atoms with Gasteiger partial charge >= 0.3 is 5.97 Å². The van der Waals surface area contributed by atoms with Gasteiger partial charge in [0.05, 0.1) is 5.92 Å². The maximum Gasteiger partial charge on any atom is 0.310 e. The van der Waals surface area contributed by atoms with Crippen LogP contribution in [0.25, 0.3) is 0 Å². The zero-order valence-corrected chi connectivity index (χ0v) is 10.7. The molecule has 5 aliphatic rings. The summed E-state index contributed by atoms with van der Waals surface area (Å²) in [5.74, 6) is -4.36. The molecule has 18 heavy (non-hydrogen) atoms. The molecule has 5 rings (SSSR count). The molecule has 0 spiro atoms. The van der Waals surface area contributed by atoms with E-state index in [1.54, 1.807) is 13.8 Å². The van der Waals surface area contributed by atoms with E-state index in [2.05, 4.69) is 0 Å². The maximum absolute atomic E-state index is 14.9. The quantitative estimate of drug-likeness (QED) is 0.674. The summed E-state index contributed by atoms with van der Waals surface area (Å²) in [6.07, 6.45) is 2.32. The summed E-state index contributed by atoms with van der Waals surface area (Å²) >= 11 is 0. The van der Waals surface area contributed by atoms with Gasteiger partial charge in [0.1, 0.15) is 0 Å². The fraction of sp³-hybridized carbons (Fsp3) is 0.929. The van der Waals surface area contributed by atoms with E-state index in [0.29, 0.717) is 6.42 Å². The molecule has 4 heteroatoms. The van der Waals surface area contributed by atoms with Crippen molar-refractivity contribution in [1.82, 2.24) is 0 Å². The van der Waals surface area contributed by atoms with Gasteiger partial charge in [-0.1, -0.05) is 13.8 Å². The first-order chi connectivity index (χ1) is 8.41. The lowest BCUT2D eigenvalue weighted by molar-refractivity contribution is -0.220. The Kier molecular flexibility index (Phi) is 1.81. The standard InChI is InChI=1S/C14H18F2O2/c1-6(2)13-11-8-4-3-7(10(11)12(17)18-13)5-9(8)14(13,15)16/h6-11H,3-5H2,1-2H3/t7?,8?,9?,10?,11?,13-/m0/s1. The average molecular weight is 256 g/mol. The van der Waals surface area contributed by atoms with Crippen molar-refractivity contribution in [2.45, 2.75) is 44.6 Å². The molecule has 100 valence electrons. The lowest BCUT2D eigenvalue weighted by Crippen LogP contribution is -2.53. The summed E-state index contributed by atoms with van der Waals surface area (Å²) in [7, 11) is 0. The molecular weight excluding hydrogens is 238 g/mol. The van der Waals surface area contributed by atoms with Crippen LogP contribution < -0.4 is 0 Å². The predicted molar refractivity (Wildman–Crippen MR) is 59.9 cm³/mol. The van der Waals surface area contributed by atoms with Crippen LogP contribution in [0.3, 0.4) is 0 Å². The number of fused-ring (bicyclic) bond motifs is 1. The molecule has 0 aromatic heterocycles. The van der Waals surface area contributed by atoms with E-state index >= 15 is 0 Å². The van der Waals surface area contributed by atoms with Crippen LogP contribution in [0.2, 0.25) is 0 Å². The smallest absolute Gasteiger partial charge is 0.310 e. The van der Waals surface area contributed by atoms with E-state index in [-0.39, 0.29) is 35.6 Å². The number of carbonyl (C=O) groups is 1. The fourth-order valence-corrected chi connectivity index (χ4v) is 5.65. The highest BCUT2D eigenvalue weighted by Crippen LogP contribution is 2.73. The molecule has 1 aliphatic heterocycles. The number of alkyl halides is 2. The van der Waals surface area contributed by atoms with Crippen LogP contribution in [0.5, 0.6) is 0 Å². The molecule has 0 radical (unpaired) electrons. The highest BCUT2D eigenvalue weighted by molar-refractivity contribution is 5.78.